The number of halogens is 1. The number of nitrogens with zero attached hydrogens (tertiary/aromatic N) is 1. The average Bonchev–Trinajstić information content (AvgIpc) is 3.08. The first-order chi connectivity index (χ1) is 8.81. The third-order valence-corrected chi connectivity index (χ3v) is 4.66. The van der Waals surface area contributed by atoms with Crippen LogP contribution in [0.5, 0.6) is 0 Å². The second-order valence-corrected chi connectivity index (χ2v) is 6.73. The first-order valence-corrected chi connectivity index (χ1v) is 7.83. The van der Waals surface area contributed by atoms with E-state index in [2.05, 4.69) is 50.5 Å². The van der Waals surface area contributed by atoms with Crippen LogP contribution in [0.25, 0.3) is 10.4 Å². The molecule has 2 aromatic rings. The second kappa shape index (κ2) is 5.51. The van der Waals surface area contributed by atoms with Gasteiger partial charge in [-0.25, -0.2) is 4.98 Å². The van der Waals surface area contributed by atoms with Crippen molar-refractivity contribution in [3.05, 3.63) is 39.9 Å². The van der Waals surface area contributed by atoms with Crippen LogP contribution in [0.1, 0.15) is 17.8 Å². The van der Waals surface area contributed by atoms with Crippen LogP contribution < -0.4 is 5.32 Å². The van der Waals surface area contributed by atoms with Crippen LogP contribution in [-0.2, 0) is 6.54 Å². The van der Waals surface area contributed by atoms with Crippen LogP contribution in [0, 0.1) is 5.92 Å². The lowest BCUT2D eigenvalue weighted by Gasteiger charge is -1.99. The molecule has 94 valence electrons. The Balaban J connectivity index is 1.62. The summed E-state index contributed by atoms with van der Waals surface area (Å²) < 4.78 is 1.11. The molecule has 3 rings (SSSR count). The van der Waals surface area contributed by atoms with Crippen LogP contribution in [0.2, 0.25) is 0 Å². The van der Waals surface area contributed by atoms with E-state index in [1.165, 1.54) is 28.3 Å². The molecule has 1 N–H and O–H groups in total. The Hall–Kier alpha value is -0.710. The highest BCUT2D eigenvalue weighted by atomic mass is 79.9. The number of thiazole rings is 1. The van der Waals surface area contributed by atoms with Gasteiger partial charge in [-0.1, -0.05) is 28.1 Å². The van der Waals surface area contributed by atoms with Gasteiger partial charge in [-0.3, -0.25) is 0 Å². The van der Waals surface area contributed by atoms with Gasteiger partial charge in [0.1, 0.15) is 5.01 Å². The Morgan fingerprint density at radius 3 is 2.78 bits per heavy atom. The summed E-state index contributed by atoms with van der Waals surface area (Å²) >= 11 is 5.23. The summed E-state index contributed by atoms with van der Waals surface area (Å²) in [5, 5.41) is 4.65. The van der Waals surface area contributed by atoms with Crippen LogP contribution >= 0.6 is 27.3 Å². The van der Waals surface area contributed by atoms with Crippen molar-refractivity contribution in [1.82, 2.24) is 10.3 Å². The lowest BCUT2D eigenvalue weighted by molar-refractivity contribution is 0.637. The van der Waals surface area contributed by atoms with Crippen molar-refractivity contribution in [2.24, 2.45) is 5.92 Å². The van der Waals surface area contributed by atoms with E-state index in [-0.39, 0.29) is 0 Å². The topological polar surface area (TPSA) is 24.9 Å². The molecule has 1 aromatic heterocycles. The normalized spacial score (nSPS) is 14.9. The maximum Gasteiger partial charge on any atom is 0.107 e. The Labute approximate surface area is 120 Å². The van der Waals surface area contributed by atoms with Crippen LogP contribution in [0.3, 0.4) is 0 Å². The van der Waals surface area contributed by atoms with E-state index in [4.69, 9.17) is 0 Å². The Morgan fingerprint density at radius 1 is 1.28 bits per heavy atom. The number of rotatable bonds is 5. The highest BCUT2D eigenvalue weighted by molar-refractivity contribution is 9.10. The predicted octanol–water partition coefficient (Wildman–Crippen LogP) is 4.07. The minimum Gasteiger partial charge on any atom is -0.310 e. The summed E-state index contributed by atoms with van der Waals surface area (Å²) in [7, 11) is 0. The van der Waals surface area contributed by atoms with Crippen molar-refractivity contribution in [3.63, 3.8) is 0 Å². The molecular formula is C14H15BrN2S. The molecule has 1 aliphatic carbocycles. The van der Waals surface area contributed by atoms with Gasteiger partial charge in [0.15, 0.2) is 0 Å². The number of hydrogen-bond acceptors (Lipinski definition) is 3. The summed E-state index contributed by atoms with van der Waals surface area (Å²) in [4.78, 5) is 5.72. The minimum absolute atomic E-state index is 0.900. The minimum atomic E-state index is 0.900. The molecule has 1 saturated carbocycles. The fraction of sp³-hybridized carbons (Fsp3) is 0.357. The molecule has 4 heteroatoms. The summed E-state index contributed by atoms with van der Waals surface area (Å²) in [6, 6.07) is 8.39. The third kappa shape index (κ3) is 3.19. The molecule has 0 spiro atoms. The molecule has 0 unspecified atom stereocenters. The standard InChI is InChI=1S/C14H15BrN2S/c15-12-5-3-11(4-6-12)13-8-17-14(18-13)9-16-7-10-1-2-10/h3-6,8,10,16H,1-2,7,9H2. The molecule has 1 aliphatic rings. The molecule has 0 bridgehead atoms. The van der Waals surface area contributed by atoms with Gasteiger partial charge in [0.2, 0.25) is 0 Å². The Bertz CT molecular complexity index is 517. The van der Waals surface area contributed by atoms with E-state index in [0.29, 0.717) is 0 Å². The highest BCUT2D eigenvalue weighted by Crippen LogP contribution is 2.29. The van der Waals surface area contributed by atoms with Crippen molar-refractivity contribution in [1.29, 1.82) is 0 Å². The molecule has 0 amide bonds. The maximum absolute atomic E-state index is 4.48. The number of hydrogen-bond donors (Lipinski definition) is 1. The second-order valence-electron chi connectivity index (χ2n) is 4.70. The zero-order valence-corrected chi connectivity index (χ0v) is 12.4. The van der Waals surface area contributed by atoms with E-state index in [1.54, 1.807) is 11.3 Å². The van der Waals surface area contributed by atoms with E-state index < -0.39 is 0 Å². The molecule has 2 nitrogen and oxygen atoms in total. The monoisotopic (exact) mass is 322 g/mol. The van der Waals surface area contributed by atoms with E-state index >= 15 is 0 Å². The SMILES string of the molecule is Brc1ccc(-c2cnc(CNCC3CC3)s2)cc1. The average molecular weight is 323 g/mol. The number of benzene rings is 1. The molecule has 18 heavy (non-hydrogen) atoms. The zero-order chi connectivity index (χ0) is 12.4. The largest absolute Gasteiger partial charge is 0.310 e. The highest BCUT2D eigenvalue weighted by Gasteiger charge is 2.20. The lowest BCUT2D eigenvalue weighted by atomic mass is 10.2. The summed E-state index contributed by atoms with van der Waals surface area (Å²) in [5.41, 5.74) is 1.24. The van der Waals surface area contributed by atoms with Crippen LogP contribution in [0.4, 0.5) is 0 Å². The third-order valence-electron chi connectivity index (χ3n) is 3.09. The Kier molecular flexibility index (Phi) is 3.77. The van der Waals surface area contributed by atoms with E-state index in [9.17, 15) is 0 Å². The van der Waals surface area contributed by atoms with Crippen molar-refractivity contribution in [2.75, 3.05) is 6.54 Å². The van der Waals surface area contributed by atoms with Crippen molar-refractivity contribution in [3.8, 4) is 10.4 Å². The fourth-order valence-electron chi connectivity index (χ4n) is 1.84. The molecule has 0 aliphatic heterocycles. The molecule has 1 aromatic carbocycles. The van der Waals surface area contributed by atoms with Crippen molar-refractivity contribution < 1.29 is 0 Å². The predicted molar refractivity (Wildman–Crippen MR) is 79.7 cm³/mol. The van der Waals surface area contributed by atoms with Gasteiger partial charge in [-0.15, -0.1) is 11.3 Å². The van der Waals surface area contributed by atoms with Gasteiger partial charge in [-0.05, 0) is 43.0 Å². The first-order valence-electron chi connectivity index (χ1n) is 6.22. The van der Waals surface area contributed by atoms with Crippen LogP contribution in [-0.4, -0.2) is 11.5 Å². The molecule has 0 saturated heterocycles. The molecule has 0 radical (unpaired) electrons. The van der Waals surface area contributed by atoms with Crippen molar-refractivity contribution in [2.45, 2.75) is 19.4 Å². The number of nitrogens with one attached hydrogen (secondary N) is 1. The molecule has 0 atom stereocenters. The van der Waals surface area contributed by atoms with Gasteiger partial charge in [-0.2, -0.15) is 0 Å². The van der Waals surface area contributed by atoms with Crippen LogP contribution in [0.15, 0.2) is 34.9 Å². The van der Waals surface area contributed by atoms with Gasteiger partial charge < -0.3 is 5.32 Å². The van der Waals surface area contributed by atoms with Gasteiger partial charge in [0.25, 0.3) is 0 Å². The summed E-state index contributed by atoms with van der Waals surface area (Å²) in [6.07, 6.45) is 4.77. The number of aromatic nitrogens is 1. The zero-order valence-electron chi connectivity index (χ0n) is 10.0. The smallest absolute Gasteiger partial charge is 0.107 e. The molecular weight excluding hydrogens is 308 g/mol. The lowest BCUT2D eigenvalue weighted by Crippen LogP contribution is -2.15. The first kappa shape index (κ1) is 12.3. The van der Waals surface area contributed by atoms with E-state index in [1.807, 2.05) is 6.20 Å². The molecule has 1 fully saturated rings. The summed E-state index contributed by atoms with van der Waals surface area (Å²) in [5.74, 6) is 0.927. The van der Waals surface area contributed by atoms with Gasteiger partial charge >= 0.3 is 0 Å². The summed E-state index contributed by atoms with van der Waals surface area (Å²) in [6.45, 7) is 2.05. The Morgan fingerprint density at radius 2 is 2.06 bits per heavy atom. The maximum atomic E-state index is 4.48. The fourth-order valence-corrected chi connectivity index (χ4v) is 3.00. The van der Waals surface area contributed by atoms with E-state index in [0.717, 1.165) is 23.5 Å². The molecule has 1 heterocycles. The van der Waals surface area contributed by atoms with Crippen molar-refractivity contribution >= 4 is 27.3 Å². The van der Waals surface area contributed by atoms with Gasteiger partial charge in [0, 0.05) is 17.2 Å². The quantitative estimate of drug-likeness (QED) is 0.897. The van der Waals surface area contributed by atoms with Gasteiger partial charge in [0.05, 0.1) is 4.88 Å².